The van der Waals surface area contributed by atoms with Crippen molar-refractivity contribution in [3.8, 4) is 0 Å². The second-order valence-corrected chi connectivity index (χ2v) is 6.61. The van der Waals surface area contributed by atoms with Crippen molar-refractivity contribution in [2.75, 3.05) is 19.6 Å². The van der Waals surface area contributed by atoms with Gasteiger partial charge in [-0.2, -0.15) is 0 Å². The average molecular weight is 310 g/mol. The Bertz CT molecular complexity index is 544. The predicted molar refractivity (Wildman–Crippen MR) is 76.7 cm³/mol. The number of carbonyl (C=O) groups is 2. The van der Waals surface area contributed by atoms with Crippen LogP contribution in [0.25, 0.3) is 0 Å². The zero-order chi connectivity index (χ0) is 16.2. The lowest BCUT2D eigenvalue weighted by molar-refractivity contribution is -0.163. The standard InChI is InChI=1S/C15H22N2O5/c1-7-10(6-16-4-3-9(19)5-16)13(15(21)22)17-12(7)11(8(2)18)14(17)20/h7-9,11-12,18-19H,3-6H2,1-2H3,(H,21,22). The Hall–Kier alpha value is -1.44. The average Bonchev–Trinajstić information content (AvgIpc) is 2.92. The smallest absolute Gasteiger partial charge is 0.352 e. The molecule has 1 amide bonds. The maximum Gasteiger partial charge on any atom is 0.352 e. The second-order valence-electron chi connectivity index (χ2n) is 6.61. The zero-order valence-electron chi connectivity index (χ0n) is 12.8. The van der Waals surface area contributed by atoms with Crippen molar-refractivity contribution in [2.45, 2.75) is 38.5 Å². The third kappa shape index (κ3) is 2.15. The Morgan fingerprint density at radius 2 is 2.14 bits per heavy atom. The number of nitrogens with zero attached hydrogens (tertiary/aromatic N) is 2. The zero-order valence-corrected chi connectivity index (χ0v) is 12.8. The lowest BCUT2D eigenvalue weighted by atomic mass is 9.77. The summed E-state index contributed by atoms with van der Waals surface area (Å²) in [4.78, 5) is 27.2. The summed E-state index contributed by atoms with van der Waals surface area (Å²) in [6.45, 7) is 5.19. The molecule has 3 rings (SSSR count). The molecule has 0 aromatic heterocycles. The van der Waals surface area contributed by atoms with Gasteiger partial charge in [-0.05, 0) is 18.9 Å². The highest BCUT2D eigenvalue weighted by atomic mass is 16.4. The van der Waals surface area contributed by atoms with E-state index in [2.05, 4.69) is 0 Å². The van der Waals surface area contributed by atoms with Crippen LogP contribution in [-0.4, -0.2) is 74.9 Å². The van der Waals surface area contributed by atoms with Crippen molar-refractivity contribution in [1.82, 2.24) is 9.80 Å². The summed E-state index contributed by atoms with van der Waals surface area (Å²) in [6, 6.07) is -0.263. The van der Waals surface area contributed by atoms with Crippen LogP contribution in [0.2, 0.25) is 0 Å². The van der Waals surface area contributed by atoms with Crippen molar-refractivity contribution >= 4 is 11.9 Å². The molecule has 0 radical (unpaired) electrons. The molecule has 0 saturated carbocycles. The van der Waals surface area contributed by atoms with Crippen LogP contribution in [0, 0.1) is 11.8 Å². The van der Waals surface area contributed by atoms with Crippen LogP contribution in [0.4, 0.5) is 0 Å². The summed E-state index contributed by atoms with van der Waals surface area (Å²) in [5.41, 5.74) is 0.795. The molecule has 3 N–H and O–H groups in total. The van der Waals surface area contributed by atoms with Gasteiger partial charge in [0, 0.05) is 25.6 Å². The maximum atomic E-state index is 12.2. The fourth-order valence-electron chi connectivity index (χ4n) is 4.05. The minimum absolute atomic E-state index is 0.0702. The van der Waals surface area contributed by atoms with E-state index in [1.165, 1.54) is 4.90 Å². The molecule has 0 aromatic rings. The van der Waals surface area contributed by atoms with Gasteiger partial charge in [0.25, 0.3) is 0 Å². The molecule has 3 aliphatic heterocycles. The Balaban J connectivity index is 1.87. The normalized spacial score (nSPS) is 36.5. The Morgan fingerprint density at radius 1 is 1.45 bits per heavy atom. The van der Waals surface area contributed by atoms with Crippen LogP contribution in [0.15, 0.2) is 11.3 Å². The number of carbonyl (C=O) groups excluding carboxylic acids is 1. The summed E-state index contributed by atoms with van der Waals surface area (Å²) >= 11 is 0. The van der Waals surface area contributed by atoms with E-state index >= 15 is 0 Å². The van der Waals surface area contributed by atoms with Crippen LogP contribution >= 0.6 is 0 Å². The van der Waals surface area contributed by atoms with Gasteiger partial charge in [0.15, 0.2) is 0 Å². The number of fused-ring (bicyclic) bond motifs is 1. The van der Waals surface area contributed by atoms with Crippen molar-refractivity contribution < 1.29 is 24.9 Å². The van der Waals surface area contributed by atoms with Gasteiger partial charge in [0.1, 0.15) is 5.70 Å². The molecule has 7 nitrogen and oxygen atoms in total. The molecule has 122 valence electrons. The fourth-order valence-corrected chi connectivity index (χ4v) is 4.05. The first-order valence-corrected chi connectivity index (χ1v) is 7.70. The molecule has 0 aliphatic carbocycles. The summed E-state index contributed by atoms with van der Waals surface area (Å²) in [5.74, 6) is -2.02. The number of β-amino-alcohol motifs (C(OH)–C–C–N with tert-alkyl or cyclic N) is 1. The molecule has 3 heterocycles. The van der Waals surface area contributed by atoms with Gasteiger partial charge in [0.2, 0.25) is 5.91 Å². The second kappa shape index (κ2) is 5.33. The summed E-state index contributed by atoms with van der Waals surface area (Å²) in [6.07, 6.45) is -0.458. The number of carboxylic acids is 1. The molecule has 0 bridgehead atoms. The quantitative estimate of drug-likeness (QED) is 0.591. The summed E-state index contributed by atoms with van der Waals surface area (Å²) < 4.78 is 0. The van der Waals surface area contributed by atoms with Gasteiger partial charge in [-0.15, -0.1) is 0 Å². The molecule has 5 unspecified atom stereocenters. The minimum atomic E-state index is -1.10. The van der Waals surface area contributed by atoms with E-state index in [-0.39, 0.29) is 29.7 Å². The van der Waals surface area contributed by atoms with Crippen molar-refractivity contribution in [1.29, 1.82) is 0 Å². The van der Waals surface area contributed by atoms with Crippen molar-refractivity contribution in [3.63, 3.8) is 0 Å². The number of hydrogen-bond donors (Lipinski definition) is 3. The number of carboxylic acid groups (broad SMARTS) is 1. The van der Waals surface area contributed by atoms with Crippen LogP contribution < -0.4 is 0 Å². The largest absolute Gasteiger partial charge is 0.477 e. The molecule has 22 heavy (non-hydrogen) atoms. The molecule has 5 atom stereocenters. The van der Waals surface area contributed by atoms with E-state index in [1.807, 2.05) is 11.8 Å². The van der Waals surface area contributed by atoms with Gasteiger partial charge < -0.3 is 20.2 Å². The number of likely N-dealkylation sites (tertiary alicyclic amines) is 1. The van der Waals surface area contributed by atoms with E-state index in [9.17, 15) is 24.9 Å². The monoisotopic (exact) mass is 310 g/mol. The minimum Gasteiger partial charge on any atom is -0.477 e. The van der Waals surface area contributed by atoms with Gasteiger partial charge in [-0.1, -0.05) is 6.92 Å². The fraction of sp³-hybridized carbons (Fsp3) is 0.733. The van der Waals surface area contributed by atoms with E-state index < -0.39 is 18.0 Å². The molecule has 0 spiro atoms. The van der Waals surface area contributed by atoms with Gasteiger partial charge >= 0.3 is 5.97 Å². The Labute approximate surface area is 128 Å². The molecular weight excluding hydrogens is 288 g/mol. The number of hydrogen-bond acceptors (Lipinski definition) is 5. The molecule has 7 heteroatoms. The SMILES string of the molecule is CC(O)C1C(=O)N2C(C(=O)O)=C(CN3CCC(O)C3)C(C)C12. The van der Waals surface area contributed by atoms with Crippen molar-refractivity contribution in [3.05, 3.63) is 11.3 Å². The van der Waals surface area contributed by atoms with E-state index in [4.69, 9.17) is 0 Å². The van der Waals surface area contributed by atoms with Gasteiger partial charge in [0.05, 0.1) is 24.2 Å². The highest BCUT2D eigenvalue weighted by Crippen LogP contribution is 2.47. The molecule has 2 saturated heterocycles. The Morgan fingerprint density at radius 3 is 2.64 bits per heavy atom. The molecule has 2 fully saturated rings. The third-order valence-electron chi connectivity index (χ3n) is 5.16. The van der Waals surface area contributed by atoms with E-state index in [1.54, 1.807) is 6.92 Å². The highest BCUT2D eigenvalue weighted by molar-refractivity contribution is 6.00. The maximum absolute atomic E-state index is 12.2. The number of amides is 1. The van der Waals surface area contributed by atoms with E-state index in [0.717, 1.165) is 12.1 Å². The van der Waals surface area contributed by atoms with Crippen LogP contribution in [0.1, 0.15) is 20.3 Å². The molecule has 3 aliphatic rings. The topological polar surface area (TPSA) is 101 Å². The lowest BCUT2D eigenvalue weighted by Gasteiger charge is -2.46. The Kier molecular flexibility index (Phi) is 3.74. The van der Waals surface area contributed by atoms with Gasteiger partial charge in [-0.25, -0.2) is 4.79 Å². The number of aliphatic hydroxyl groups is 2. The number of aliphatic carboxylic acids is 1. The van der Waals surface area contributed by atoms with Crippen LogP contribution in [0.3, 0.4) is 0 Å². The predicted octanol–water partition coefficient (Wildman–Crippen LogP) is -0.751. The first-order chi connectivity index (χ1) is 10.3. The summed E-state index contributed by atoms with van der Waals surface area (Å²) in [7, 11) is 0. The number of aliphatic hydroxyl groups excluding tert-OH is 2. The summed E-state index contributed by atoms with van der Waals surface area (Å²) in [5, 5.41) is 28.9. The molecule has 0 aromatic carbocycles. The number of β-lactam (4-membered cyclic amide) rings is 1. The number of rotatable bonds is 4. The van der Waals surface area contributed by atoms with Crippen molar-refractivity contribution in [2.24, 2.45) is 11.8 Å². The van der Waals surface area contributed by atoms with Crippen LogP contribution in [-0.2, 0) is 9.59 Å². The van der Waals surface area contributed by atoms with Crippen LogP contribution in [0.5, 0.6) is 0 Å². The first kappa shape index (κ1) is 15.5. The van der Waals surface area contributed by atoms with Gasteiger partial charge in [-0.3, -0.25) is 9.69 Å². The third-order valence-corrected chi connectivity index (χ3v) is 5.16. The molecular formula is C15H22N2O5. The highest BCUT2D eigenvalue weighted by Gasteiger charge is 2.59. The first-order valence-electron chi connectivity index (χ1n) is 7.70. The van der Waals surface area contributed by atoms with E-state index in [0.29, 0.717) is 19.5 Å². The lowest BCUT2D eigenvalue weighted by Crippen LogP contribution is -2.63.